The zero-order chi connectivity index (χ0) is 19.8. The van der Waals surface area contributed by atoms with Crippen LogP contribution in [0.15, 0.2) is 54.6 Å². The van der Waals surface area contributed by atoms with E-state index in [9.17, 15) is 18.8 Å². The number of likely N-dealkylation sites (N-methyl/N-ethyl adjacent to an activating group) is 1. The van der Waals surface area contributed by atoms with Gasteiger partial charge in [-0.15, -0.1) is 0 Å². The number of hydrogen-bond acceptors (Lipinski definition) is 4. The van der Waals surface area contributed by atoms with E-state index in [2.05, 4.69) is 5.32 Å². The highest BCUT2D eigenvalue weighted by Gasteiger charge is 2.35. The van der Waals surface area contributed by atoms with Crippen molar-refractivity contribution in [3.8, 4) is 11.1 Å². The molecule has 7 nitrogen and oxygen atoms in total. The predicted molar refractivity (Wildman–Crippen MR) is 96.7 cm³/mol. The molecule has 2 rings (SSSR count). The van der Waals surface area contributed by atoms with E-state index >= 15 is 0 Å². The molecule has 0 aliphatic carbocycles. The molecule has 3 amide bonds. The average Bonchev–Trinajstić information content (AvgIpc) is 2.73. The van der Waals surface area contributed by atoms with Gasteiger partial charge in [-0.25, -0.2) is 9.87 Å². The average molecular weight is 373 g/mol. The van der Waals surface area contributed by atoms with Crippen molar-refractivity contribution in [1.29, 1.82) is 0 Å². The number of hydroxylamine groups is 1. The fourth-order valence-corrected chi connectivity index (χ4v) is 2.64. The van der Waals surface area contributed by atoms with Gasteiger partial charge >= 0.3 is 0 Å². The van der Waals surface area contributed by atoms with Gasteiger partial charge in [0.2, 0.25) is 0 Å². The third-order valence-electron chi connectivity index (χ3n) is 3.99. The van der Waals surface area contributed by atoms with Gasteiger partial charge in [0.1, 0.15) is 6.67 Å². The van der Waals surface area contributed by atoms with E-state index in [-0.39, 0.29) is 5.56 Å². The maximum absolute atomic E-state index is 13.0. The van der Waals surface area contributed by atoms with Crippen LogP contribution >= 0.6 is 0 Å². The summed E-state index contributed by atoms with van der Waals surface area (Å²) in [6.45, 7) is -1.44. The Morgan fingerprint density at radius 2 is 1.59 bits per heavy atom. The second kappa shape index (κ2) is 9.44. The molecule has 0 saturated heterocycles. The number of hydrogen-bond donors (Lipinski definition) is 3. The zero-order valence-electron chi connectivity index (χ0n) is 14.7. The van der Waals surface area contributed by atoms with Gasteiger partial charge in [-0.05, 0) is 23.3 Å². The summed E-state index contributed by atoms with van der Waals surface area (Å²) in [5.41, 5.74) is 3.36. The summed E-state index contributed by atoms with van der Waals surface area (Å²) in [5.74, 6) is -2.68. The van der Waals surface area contributed by atoms with Crippen molar-refractivity contribution in [2.45, 2.75) is 6.04 Å². The molecule has 0 heterocycles. The van der Waals surface area contributed by atoms with E-state index in [1.54, 1.807) is 12.1 Å². The number of rotatable bonds is 7. The van der Waals surface area contributed by atoms with Gasteiger partial charge in [0.05, 0.1) is 6.54 Å². The lowest BCUT2D eigenvalue weighted by Gasteiger charge is -2.28. The molecule has 0 saturated carbocycles. The van der Waals surface area contributed by atoms with Gasteiger partial charge in [0.15, 0.2) is 6.04 Å². The van der Waals surface area contributed by atoms with Crippen molar-refractivity contribution in [1.82, 2.24) is 15.7 Å². The maximum Gasteiger partial charge on any atom is 0.275 e. The van der Waals surface area contributed by atoms with Crippen LogP contribution in [0.2, 0.25) is 0 Å². The lowest BCUT2D eigenvalue weighted by atomic mass is 10.0. The molecular weight excluding hydrogens is 353 g/mol. The van der Waals surface area contributed by atoms with Gasteiger partial charge in [0, 0.05) is 12.6 Å². The maximum atomic E-state index is 13.0. The highest BCUT2D eigenvalue weighted by Crippen LogP contribution is 2.20. The number of nitrogens with one attached hydrogen (secondary N) is 2. The summed E-state index contributed by atoms with van der Waals surface area (Å²) in [6.07, 6.45) is 0. The highest BCUT2D eigenvalue weighted by atomic mass is 19.1. The number of amides is 3. The predicted octanol–water partition coefficient (Wildman–Crippen LogP) is 1.39. The molecule has 0 aliphatic rings. The minimum Gasteiger partial charge on any atom is -0.357 e. The van der Waals surface area contributed by atoms with Gasteiger partial charge < -0.3 is 10.2 Å². The minimum atomic E-state index is -1.70. The van der Waals surface area contributed by atoms with Crippen LogP contribution in [0.4, 0.5) is 4.39 Å². The van der Waals surface area contributed by atoms with Crippen LogP contribution < -0.4 is 10.8 Å². The molecule has 0 aromatic heterocycles. The van der Waals surface area contributed by atoms with E-state index in [4.69, 9.17) is 5.21 Å². The van der Waals surface area contributed by atoms with Crippen LogP contribution in [-0.4, -0.2) is 54.1 Å². The molecule has 0 bridgehead atoms. The van der Waals surface area contributed by atoms with Crippen LogP contribution in [0.5, 0.6) is 0 Å². The van der Waals surface area contributed by atoms with Gasteiger partial charge in [-0.3, -0.25) is 19.6 Å². The Bertz CT molecular complexity index is 780. The number of benzene rings is 2. The first-order valence-corrected chi connectivity index (χ1v) is 8.21. The minimum absolute atomic E-state index is 0.183. The van der Waals surface area contributed by atoms with Crippen molar-refractivity contribution in [3.05, 3.63) is 60.2 Å². The summed E-state index contributed by atoms with van der Waals surface area (Å²) in [4.78, 5) is 37.4. The molecule has 2 aromatic rings. The number of nitrogens with zero attached hydrogens (tertiary/aromatic N) is 1. The fourth-order valence-electron chi connectivity index (χ4n) is 2.64. The largest absolute Gasteiger partial charge is 0.357 e. The van der Waals surface area contributed by atoms with Crippen molar-refractivity contribution in [2.75, 3.05) is 20.3 Å². The molecular formula is C19H20FN3O4. The van der Waals surface area contributed by atoms with E-state index < -0.39 is 37.0 Å². The second-order valence-corrected chi connectivity index (χ2v) is 5.62. The third kappa shape index (κ3) is 4.68. The first kappa shape index (κ1) is 20.1. The summed E-state index contributed by atoms with van der Waals surface area (Å²) < 4.78 is 13.0. The second-order valence-electron chi connectivity index (χ2n) is 5.62. The van der Waals surface area contributed by atoms with Gasteiger partial charge in [0.25, 0.3) is 17.7 Å². The summed E-state index contributed by atoms with van der Waals surface area (Å²) >= 11 is 0. The third-order valence-corrected chi connectivity index (χ3v) is 3.99. The topological polar surface area (TPSA) is 98.7 Å². The SMILES string of the molecule is CNC(=O)C(C(=O)NO)N(CCF)C(=O)c1ccc(-c2ccccc2)cc1. The monoisotopic (exact) mass is 373 g/mol. The van der Waals surface area contributed by atoms with Gasteiger partial charge in [-0.2, -0.15) is 0 Å². The Kier molecular flexibility index (Phi) is 7.01. The van der Waals surface area contributed by atoms with Crippen molar-refractivity contribution < 1.29 is 24.0 Å². The van der Waals surface area contributed by atoms with Crippen molar-refractivity contribution in [3.63, 3.8) is 0 Å². The fraction of sp³-hybridized carbons (Fsp3) is 0.211. The normalized spacial score (nSPS) is 11.4. The van der Waals surface area contributed by atoms with Crippen LogP contribution in [0.25, 0.3) is 11.1 Å². The van der Waals surface area contributed by atoms with E-state index in [1.807, 2.05) is 30.3 Å². The molecule has 8 heteroatoms. The Hall–Kier alpha value is -3.26. The molecule has 142 valence electrons. The summed E-state index contributed by atoms with van der Waals surface area (Å²) in [5, 5.41) is 11.1. The van der Waals surface area contributed by atoms with Crippen molar-refractivity contribution in [2.24, 2.45) is 0 Å². The van der Waals surface area contributed by atoms with E-state index in [1.165, 1.54) is 24.7 Å². The van der Waals surface area contributed by atoms with Crippen molar-refractivity contribution >= 4 is 17.7 Å². The lowest BCUT2D eigenvalue weighted by Crippen LogP contribution is -2.56. The Morgan fingerprint density at radius 1 is 1.00 bits per heavy atom. The lowest BCUT2D eigenvalue weighted by molar-refractivity contribution is -0.141. The van der Waals surface area contributed by atoms with Crippen LogP contribution in [-0.2, 0) is 9.59 Å². The molecule has 0 fully saturated rings. The van der Waals surface area contributed by atoms with Gasteiger partial charge in [-0.1, -0.05) is 42.5 Å². The molecule has 1 atom stereocenters. The highest BCUT2D eigenvalue weighted by molar-refractivity contribution is 6.08. The summed E-state index contributed by atoms with van der Waals surface area (Å²) in [7, 11) is 1.27. The number of carbonyl (C=O) groups is 3. The molecule has 1 unspecified atom stereocenters. The molecule has 0 radical (unpaired) electrons. The zero-order valence-corrected chi connectivity index (χ0v) is 14.7. The molecule has 0 aliphatic heterocycles. The first-order valence-electron chi connectivity index (χ1n) is 8.21. The molecule has 3 N–H and O–H groups in total. The molecule has 2 aromatic carbocycles. The van der Waals surface area contributed by atoms with E-state index in [0.29, 0.717) is 0 Å². The summed E-state index contributed by atoms with van der Waals surface area (Å²) in [6, 6.07) is 14.3. The molecule has 27 heavy (non-hydrogen) atoms. The smallest absolute Gasteiger partial charge is 0.275 e. The van der Waals surface area contributed by atoms with Crippen LogP contribution in [0.3, 0.4) is 0 Å². The number of carbonyl (C=O) groups excluding carboxylic acids is 3. The van der Waals surface area contributed by atoms with Crippen LogP contribution in [0.1, 0.15) is 10.4 Å². The first-order chi connectivity index (χ1) is 13.0. The molecule has 0 spiro atoms. The Balaban J connectivity index is 2.32. The van der Waals surface area contributed by atoms with Crippen LogP contribution in [0, 0.1) is 0 Å². The number of alkyl halides is 1. The Labute approximate surface area is 155 Å². The standard InChI is InChI=1S/C19H20FN3O4/c1-21-17(24)16(18(25)22-27)23(12-11-20)19(26)15-9-7-14(8-10-15)13-5-3-2-4-6-13/h2-10,16,27H,11-12H2,1H3,(H,21,24)(H,22,25). The Morgan fingerprint density at radius 3 is 2.11 bits per heavy atom. The number of halogens is 1. The quantitative estimate of drug-likeness (QED) is 0.388. The van der Waals surface area contributed by atoms with E-state index in [0.717, 1.165) is 16.0 Å².